The van der Waals surface area contributed by atoms with Crippen molar-refractivity contribution in [3.8, 4) is 0 Å². The molecule has 0 bridgehead atoms. The van der Waals surface area contributed by atoms with Gasteiger partial charge in [-0.25, -0.2) is 9.78 Å². The van der Waals surface area contributed by atoms with Crippen LogP contribution in [0.25, 0.3) is 21.8 Å². The Labute approximate surface area is 235 Å². The Bertz CT molecular complexity index is 1500. The maximum atomic E-state index is 13.4. The first kappa shape index (κ1) is 27.8. The number of imidazole rings is 1. The molecular weight excluding hydrogens is 504 g/mol. The Hall–Kier alpha value is -3.75. The van der Waals surface area contributed by atoms with Gasteiger partial charge in [0, 0.05) is 51.7 Å². The number of piperidine rings is 1. The minimum Gasteiger partial charge on any atom is -0.465 e. The van der Waals surface area contributed by atoms with Gasteiger partial charge < -0.3 is 24.7 Å². The highest BCUT2D eigenvalue weighted by Crippen LogP contribution is 2.31. The van der Waals surface area contributed by atoms with Gasteiger partial charge in [0.2, 0.25) is 5.91 Å². The fourth-order valence-corrected chi connectivity index (χ4v) is 5.81. The summed E-state index contributed by atoms with van der Waals surface area (Å²) in [6, 6.07) is 19.9. The lowest BCUT2D eigenvalue weighted by Gasteiger charge is -2.33. The monoisotopic (exact) mass is 542 g/mol. The highest BCUT2D eigenvalue weighted by molar-refractivity contribution is 5.93. The molecule has 210 valence electrons. The van der Waals surface area contributed by atoms with Gasteiger partial charge in [-0.2, -0.15) is 0 Å². The van der Waals surface area contributed by atoms with Crippen molar-refractivity contribution >= 4 is 33.7 Å². The van der Waals surface area contributed by atoms with Crippen molar-refractivity contribution in [1.29, 1.82) is 0 Å². The van der Waals surface area contributed by atoms with Crippen LogP contribution in [0.3, 0.4) is 0 Å². The number of hydrogen-bond donors (Lipinski definition) is 1. The number of carbonyl (C=O) groups is 2. The highest BCUT2D eigenvalue weighted by Gasteiger charge is 2.29. The van der Waals surface area contributed by atoms with Gasteiger partial charge >= 0.3 is 5.97 Å². The number of esters is 1. The molecule has 1 unspecified atom stereocenters. The molecule has 4 aromatic rings. The third-order valence-corrected chi connectivity index (χ3v) is 7.82. The number of rotatable bonds is 10. The average Bonchev–Trinajstić information content (AvgIpc) is 3.34. The van der Waals surface area contributed by atoms with E-state index in [1.807, 2.05) is 29.2 Å². The molecule has 2 N–H and O–H groups in total. The number of nitrogens with two attached hydrogens (primary N) is 1. The lowest BCUT2D eigenvalue weighted by atomic mass is 9.95. The molecule has 40 heavy (non-hydrogen) atoms. The summed E-state index contributed by atoms with van der Waals surface area (Å²) >= 11 is 0. The topological polar surface area (TPSA) is 99.7 Å². The van der Waals surface area contributed by atoms with Crippen LogP contribution in [-0.2, 0) is 27.2 Å². The van der Waals surface area contributed by atoms with Gasteiger partial charge in [0.05, 0.1) is 23.7 Å². The zero-order valence-electron chi connectivity index (χ0n) is 23.3. The molecule has 1 aliphatic rings. The molecule has 5 rings (SSSR count). The summed E-state index contributed by atoms with van der Waals surface area (Å²) in [6.45, 7) is 2.68. The molecule has 1 aromatic heterocycles. The summed E-state index contributed by atoms with van der Waals surface area (Å²) in [5.74, 6) is 0.771. The number of fused-ring (bicyclic) bond motifs is 2. The van der Waals surface area contributed by atoms with Crippen LogP contribution >= 0.6 is 0 Å². The molecule has 8 nitrogen and oxygen atoms in total. The van der Waals surface area contributed by atoms with Crippen LogP contribution < -0.4 is 5.73 Å². The lowest BCUT2D eigenvalue weighted by Crippen LogP contribution is -2.42. The van der Waals surface area contributed by atoms with Crippen LogP contribution in [0.1, 0.15) is 53.3 Å². The average molecular weight is 543 g/mol. The second-order valence-electron chi connectivity index (χ2n) is 10.7. The molecule has 2 heterocycles. The predicted octanol–water partition coefficient (Wildman–Crippen LogP) is 4.68. The van der Waals surface area contributed by atoms with E-state index in [4.69, 9.17) is 20.2 Å². The van der Waals surface area contributed by atoms with Crippen molar-refractivity contribution in [3.05, 3.63) is 77.6 Å². The Kier molecular flexibility index (Phi) is 8.77. The fourth-order valence-electron chi connectivity index (χ4n) is 5.81. The summed E-state index contributed by atoms with van der Waals surface area (Å²) in [5, 5.41) is 2.38. The summed E-state index contributed by atoms with van der Waals surface area (Å²) in [6.07, 6.45) is 3.64. The van der Waals surface area contributed by atoms with E-state index in [1.165, 1.54) is 17.9 Å². The summed E-state index contributed by atoms with van der Waals surface area (Å²) in [7, 11) is 3.08. The number of aryl methyl sites for hydroxylation is 1. The van der Waals surface area contributed by atoms with Gasteiger partial charge in [-0.1, -0.05) is 42.5 Å². The molecule has 1 saturated heterocycles. The Morgan fingerprint density at radius 2 is 1.90 bits per heavy atom. The second kappa shape index (κ2) is 12.6. The number of hydrogen-bond acceptors (Lipinski definition) is 6. The Morgan fingerprint density at radius 3 is 2.70 bits per heavy atom. The Balaban J connectivity index is 1.30. The van der Waals surface area contributed by atoms with Gasteiger partial charge in [-0.3, -0.25) is 4.79 Å². The molecule has 1 aliphatic heterocycles. The van der Waals surface area contributed by atoms with Crippen molar-refractivity contribution < 1.29 is 19.1 Å². The quantitative estimate of drug-likeness (QED) is 0.231. The van der Waals surface area contributed by atoms with Gasteiger partial charge in [0.25, 0.3) is 0 Å². The van der Waals surface area contributed by atoms with Gasteiger partial charge in [-0.05, 0) is 60.2 Å². The van der Waals surface area contributed by atoms with Crippen molar-refractivity contribution in [1.82, 2.24) is 14.5 Å². The van der Waals surface area contributed by atoms with Crippen LogP contribution in [0, 0.1) is 0 Å². The number of carbonyl (C=O) groups excluding carboxylic acids is 2. The van der Waals surface area contributed by atoms with Crippen LogP contribution in [-0.4, -0.2) is 66.3 Å². The number of methoxy groups -OCH3 is 2. The van der Waals surface area contributed by atoms with E-state index in [-0.39, 0.29) is 23.8 Å². The number of aromatic nitrogens is 2. The van der Waals surface area contributed by atoms with Gasteiger partial charge in [-0.15, -0.1) is 0 Å². The molecule has 8 heteroatoms. The molecule has 1 amide bonds. The van der Waals surface area contributed by atoms with Gasteiger partial charge in [0.1, 0.15) is 5.82 Å². The molecule has 0 aliphatic carbocycles. The van der Waals surface area contributed by atoms with Crippen molar-refractivity contribution in [3.63, 3.8) is 0 Å². The van der Waals surface area contributed by atoms with E-state index in [1.54, 1.807) is 13.2 Å². The number of likely N-dealkylation sites (tertiary alicyclic amines) is 1. The van der Waals surface area contributed by atoms with E-state index in [0.29, 0.717) is 38.1 Å². The number of benzene rings is 3. The first-order valence-electron chi connectivity index (χ1n) is 14.0. The first-order valence-corrected chi connectivity index (χ1v) is 14.0. The Morgan fingerprint density at radius 1 is 1.07 bits per heavy atom. The number of ether oxygens (including phenoxy) is 2. The normalized spacial score (nSPS) is 16.4. The van der Waals surface area contributed by atoms with E-state index >= 15 is 0 Å². The maximum absolute atomic E-state index is 13.4. The molecule has 0 saturated carbocycles. The van der Waals surface area contributed by atoms with Crippen molar-refractivity contribution in [2.24, 2.45) is 5.73 Å². The van der Waals surface area contributed by atoms with Crippen molar-refractivity contribution in [2.45, 2.75) is 50.6 Å². The van der Waals surface area contributed by atoms with E-state index < -0.39 is 0 Å². The van der Waals surface area contributed by atoms with E-state index in [0.717, 1.165) is 48.2 Å². The molecule has 3 aromatic carbocycles. The fraction of sp³-hybridized carbons (Fsp3) is 0.406. The van der Waals surface area contributed by atoms with Crippen LogP contribution in [0.5, 0.6) is 0 Å². The molecular formula is C32H38N4O4. The second-order valence-corrected chi connectivity index (χ2v) is 10.7. The minimum absolute atomic E-state index is 0.0908. The maximum Gasteiger partial charge on any atom is 0.337 e. The minimum atomic E-state index is -0.373. The van der Waals surface area contributed by atoms with Crippen LogP contribution in [0.2, 0.25) is 0 Å². The summed E-state index contributed by atoms with van der Waals surface area (Å²) in [5.41, 5.74) is 9.86. The largest absolute Gasteiger partial charge is 0.465 e. The third-order valence-electron chi connectivity index (χ3n) is 7.82. The van der Waals surface area contributed by atoms with Crippen LogP contribution in [0.4, 0.5) is 0 Å². The molecule has 0 radical (unpaired) electrons. The van der Waals surface area contributed by atoms with E-state index in [9.17, 15) is 9.59 Å². The van der Waals surface area contributed by atoms with Gasteiger partial charge in [0.15, 0.2) is 0 Å². The lowest BCUT2D eigenvalue weighted by molar-refractivity contribution is -0.132. The zero-order valence-corrected chi connectivity index (χ0v) is 23.3. The summed E-state index contributed by atoms with van der Waals surface area (Å²) in [4.78, 5) is 32.5. The summed E-state index contributed by atoms with van der Waals surface area (Å²) < 4.78 is 12.4. The predicted molar refractivity (Wildman–Crippen MR) is 156 cm³/mol. The van der Waals surface area contributed by atoms with Crippen molar-refractivity contribution in [2.75, 3.05) is 33.9 Å². The number of nitrogens with zero attached hydrogens (tertiary/aromatic N) is 3. The van der Waals surface area contributed by atoms with Crippen LogP contribution in [0.15, 0.2) is 60.7 Å². The third kappa shape index (κ3) is 6.18. The first-order chi connectivity index (χ1) is 19.5. The smallest absolute Gasteiger partial charge is 0.337 e. The van der Waals surface area contributed by atoms with E-state index in [2.05, 4.69) is 34.9 Å². The zero-order chi connectivity index (χ0) is 28.1. The highest BCUT2D eigenvalue weighted by atomic mass is 16.5. The molecule has 0 spiro atoms. The molecule has 1 fully saturated rings. The SMILES string of the molecule is COCCCn1c(C2CCCN(C(=O)C[C@H](N)Cc3ccc4ccccc4c3)C2)nc2ccc(C(=O)OC)cc21. The standard InChI is InChI=1S/C32H38N4O4/c1-39-16-6-15-36-29-19-25(32(38)40-2)12-13-28(29)34-31(36)26-9-5-14-35(21-26)30(37)20-27(33)18-22-10-11-23-7-3-4-8-24(23)17-22/h3-4,7-8,10-13,17,19,26-27H,5-6,9,14-16,18,20-21,33H2,1-2H3/t26?,27-/m1/s1. The molecule has 2 atom stereocenters. The number of amides is 1.